The van der Waals surface area contributed by atoms with Gasteiger partial charge in [0, 0.05) is 28.4 Å². The minimum Gasteiger partial charge on any atom is -0.491 e. The van der Waals surface area contributed by atoms with Gasteiger partial charge in [-0.05, 0) is 59.3 Å². The summed E-state index contributed by atoms with van der Waals surface area (Å²) in [6.07, 6.45) is 0. The molecule has 0 spiro atoms. The van der Waals surface area contributed by atoms with Gasteiger partial charge in [0.05, 0.1) is 16.6 Å². The molecule has 0 saturated heterocycles. The van der Waals surface area contributed by atoms with Gasteiger partial charge in [-0.3, -0.25) is 0 Å². The number of rotatable bonds is 8. The SMILES string of the molecule is Cc1ccccc1NCCOc1ccc(Cl)cc1Cn1nnnc1-c1cccc(Cl)c1Cl. The minimum absolute atomic E-state index is 0.353. The summed E-state index contributed by atoms with van der Waals surface area (Å²) < 4.78 is 7.68. The molecule has 0 bridgehead atoms. The van der Waals surface area contributed by atoms with E-state index in [1.807, 2.05) is 36.4 Å². The van der Waals surface area contributed by atoms with Crippen molar-refractivity contribution in [1.29, 1.82) is 0 Å². The predicted octanol–water partition coefficient (Wildman–Crippen LogP) is 6.15. The van der Waals surface area contributed by atoms with E-state index in [-0.39, 0.29) is 0 Å². The Bertz CT molecular complexity index is 1230. The van der Waals surface area contributed by atoms with Crippen LogP contribution in [0.15, 0.2) is 60.7 Å². The molecule has 3 aromatic carbocycles. The predicted molar refractivity (Wildman–Crippen MR) is 129 cm³/mol. The molecular weight excluding hydrogens is 469 g/mol. The molecule has 0 atom stereocenters. The minimum atomic E-state index is 0.353. The smallest absolute Gasteiger partial charge is 0.183 e. The van der Waals surface area contributed by atoms with Crippen molar-refractivity contribution in [2.24, 2.45) is 0 Å². The zero-order valence-corrected chi connectivity index (χ0v) is 19.5. The number of nitrogens with zero attached hydrogens (tertiary/aromatic N) is 4. The molecule has 0 aliphatic rings. The number of aryl methyl sites for hydroxylation is 1. The molecule has 9 heteroatoms. The first-order valence-electron chi connectivity index (χ1n) is 9.94. The molecule has 0 unspecified atom stereocenters. The fraction of sp³-hybridized carbons (Fsp3) is 0.174. The standard InChI is InChI=1S/C23H20Cl3N5O/c1-15-5-2-3-8-20(15)27-11-12-32-21-10-9-17(24)13-16(21)14-31-23(28-29-30-31)18-6-4-7-19(25)22(18)26/h2-10,13,27H,11-12,14H2,1H3. The Labute approximate surface area is 201 Å². The average Bonchev–Trinajstić information content (AvgIpc) is 3.23. The Hall–Kier alpha value is -2.80. The number of nitrogens with one attached hydrogen (secondary N) is 1. The van der Waals surface area contributed by atoms with Gasteiger partial charge in [-0.1, -0.05) is 59.1 Å². The number of benzene rings is 3. The number of halogens is 3. The summed E-state index contributed by atoms with van der Waals surface area (Å²) in [6, 6.07) is 19.0. The quantitative estimate of drug-likeness (QED) is 0.301. The summed E-state index contributed by atoms with van der Waals surface area (Å²) in [7, 11) is 0. The molecule has 1 aromatic heterocycles. The van der Waals surface area contributed by atoms with Gasteiger partial charge in [-0.2, -0.15) is 0 Å². The molecule has 0 amide bonds. The molecule has 1 heterocycles. The van der Waals surface area contributed by atoms with Gasteiger partial charge in [-0.15, -0.1) is 5.10 Å². The molecule has 1 N–H and O–H groups in total. The third-order valence-electron chi connectivity index (χ3n) is 4.89. The highest BCUT2D eigenvalue weighted by atomic mass is 35.5. The van der Waals surface area contributed by atoms with Crippen LogP contribution in [0, 0.1) is 6.92 Å². The number of tetrazole rings is 1. The monoisotopic (exact) mass is 487 g/mol. The lowest BCUT2D eigenvalue weighted by atomic mass is 10.1. The third-order valence-corrected chi connectivity index (χ3v) is 5.94. The maximum atomic E-state index is 6.37. The van der Waals surface area contributed by atoms with Gasteiger partial charge in [-0.25, -0.2) is 4.68 Å². The zero-order chi connectivity index (χ0) is 22.5. The van der Waals surface area contributed by atoms with Gasteiger partial charge in [0.25, 0.3) is 0 Å². The van der Waals surface area contributed by atoms with E-state index in [0.717, 1.165) is 11.3 Å². The molecule has 0 aliphatic carbocycles. The van der Waals surface area contributed by atoms with Crippen molar-refractivity contribution in [3.05, 3.63) is 86.9 Å². The van der Waals surface area contributed by atoms with Crippen LogP contribution < -0.4 is 10.1 Å². The van der Waals surface area contributed by atoms with E-state index in [1.165, 1.54) is 5.56 Å². The van der Waals surface area contributed by atoms with Crippen LogP contribution in [0.5, 0.6) is 5.75 Å². The fourth-order valence-electron chi connectivity index (χ4n) is 3.27. The number of para-hydroxylation sites is 1. The van der Waals surface area contributed by atoms with Crippen LogP contribution in [-0.4, -0.2) is 33.4 Å². The lowest BCUT2D eigenvalue weighted by Crippen LogP contribution is -2.13. The molecule has 4 rings (SSSR count). The number of ether oxygens (including phenoxy) is 1. The molecule has 0 fully saturated rings. The summed E-state index contributed by atoms with van der Waals surface area (Å²) in [5, 5.41) is 16.9. The van der Waals surface area contributed by atoms with E-state index >= 15 is 0 Å². The second-order valence-corrected chi connectivity index (χ2v) is 8.33. The first-order valence-corrected chi connectivity index (χ1v) is 11.1. The van der Waals surface area contributed by atoms with Crippen molar-refractivity contribution in [3.63, 3.8) is 0 Å². The van der Waals surface area contributed by atoms with Crippen molar-refractivity contribution < 1.29 is 4.74 Å². The summed E-state index contributed by atoms with van der Waals surface area (Å²) >= 11 is 18.8. The van der Waals surface area contributed by atoms with Crippen LogP contribution in [0.1, 0.15) is 11.1 Å². The van der Waals surface area contributed by atoms with E-state index in [1.54, 1.807) is 22.9 Å². The zero-order valence-electron chi connectivity index (χ0n) is 17.2. The largest absolute Gasteiger partial charge is 0.491 e. The van der Waals surface area contributed by atoms with Crippen molar-refractivity contribution in [3.8, 4) is 17.1 Å². The summed E-state index contributed by atoms with van der Waals surface area (Å²) in [6.45, 7) is 3.55. The topological polar surface area (TPSA) is 64.9 Å². The van der Waals surface area contributed by atoms with Crippen LogP contribution in [0.2, 0.25) is 15.1 Å². The van der Waals surface area contributed by atoms with Crippen LogP contribution in [0.3, 0.4) is 0 Å². The number of aromatic nitrogens is 4. The van der Waals surface area contributed by atoms with E-state index in [2.05, 4.69) is 33.8 Å². The van der Waals surface area contributed by atoms with Crippen LogP contribution in [0.4, 0.5) is 5.69 Å². The highest BCUT2D eigenvalue weighted by Crippen LogP contribution is 2.33. The lowest BCUT2D eigenvalue weighted by Gasteiger charge is -2.14. The van der Waals surface area contributed by atoms with Gasteiger partial charge < -0.3 is 10.1 Å². The van der Waals surface area contributed by atoms with Crippen molar-refractivity contribution in [2.75, 3.05) is 18.5 Å². The molecule has 0 aliphatic heterocycles. The highest BCUT2D eigenvalue weighted by molar-refractivity contribution is 6.43. The summed E-state index contributed by atoms with van der Waals surface area (Å²) in [5.74, 6) is 1.21. The Balaban J connectivity index is 1.49. The Morgan fingerprint density at radius 3 is 2.69 bits per heavy atom. The second-order valence-electron chi connectivity index (χ2n) is 7.10. The van der Waals surface area contributed by atoms with Crippen molar-refractivity contribution in [2.45, 2.75) is 13.5 Å². The number of hydrogen-bond donors (Lipinski definition) is 1. The van der Waals surface area contributed by atoms with E-state index in [9.17, 15) is 0 Å². The first kappa shape index (κ1) is 22.4. The lowest BCUT2D eigenvalue weighted by molar-refractivity contribution is 0.328. The summed E-state index contributed by atoms with van der Waals surface area (Å²) in [5.41, 5.74) is 3.77. The van der Waals surface area contributed by atoms with E-state index < -0.39 is 0 Å². The summed E-state index contributed by atoms with van der Waals surface area (Å²) in [4.78, 5) is 0. The van der Waals surface area contributed by atoms with E-state index in [0.29, 0.717) is 51.9 Å². The van der Waals surface area contributed by atoms with Crippen LogP contribution in [0.25, 0.3) is 11.4 Å². The van der Waals surface area contributed by atoms with Gasteiger partial charge in [0.15, 0.2) is 5.82 Å². The number of anilines is 1. The van der Waals surface area contributed by atoms with Crippen LogP contribution in [-0.2, 0) is 6.54 Å². The Kier molecular flexibility index (Phi) is 7.15. The van der Waals surface area contributed by atoms with Crippen molar-refractivity contribution in [1.82, 2.24) is 20.2 Å². The number of hydrogen-bond acceptors (Lipinski definition) is 5. The second kappa shape index (κ2) is 10.2. The van der Waals surface area contributed by atoms with E-state index in [4.69, 9.17) is 39.5 Å². The first-order chi connectivity index (χ1) is 15.5. The molecule has 4 aromatic rings. The molecule has 164 valence electrons. The maximum absolute atomic E-state index is 6.37. The third kappa shape index (κ3) is 5.15. The van der Waals surface area contributed by atoms with Crippen LogP contribution >= 0.6 is 34.8 Å². The molecule has 32 heavy (non-hydrogen) atoms. The normalized spacial score (nSPS) is 10.9. The molecule has 0 saturated carbocycles. The Morgan fingerprint density at radius 1 is 1.00 bits per heavy atom. The molecular formula is C23H20Cl3N5O. The molecule has 6 nitrogen and oxygen atoms in total. The highest BCUT2D eigenvalue weighted by Gasteiger charge is 2.16. The average molecular weight is 489 g/mol. The fourth-order valence-corrected chi connectivity index (χ4v) is 3.85. The van der Waals surface area contributed by atoms with Gasteiger partial charge in [0.1, 0.15) is 12.4 Å². The Morgan fingerprint density at radius 2 is 1.84 bits per heavy atom. The van der Waals surface area contributed by atoms with Gasteiger partial charge in [0.2, 0.25) is 0 Å². The maximum Gasteiger partial charge on any atom is 0.183 e. The van der Waals surface area contributed by atoms with Crippen molar-refractivity contribution >= 4 is 40.5 Å². The van der Waals surface area contributed by atoms with Gasteiger partial charge >= 0.3 is 0 Å². The molecule has 0 radical (unpaired) electrons.